The first-order valence-electron chi connectivity index (χ1n) is 6.70. The van der Waals surface area contributed by atoms with Crippen LogP contribution in [0.1, 0.15) is 26.2 Å². The summed E-state index contributed by atoms with van der Waals surface area (Å²) in [5.74, 6) is 1.79. The lowest BCUT2D eigenvalue weighted by Crippen LogP contribution is -2.46. The lowest BCUT2D eigenvalue weighted by Gasteiger charge is -2.33. The van der Waals surface area contributed by atoms with Crippen molar-refractivity contribution in [3.05, 3.63) is 0 Å². The molecule has 1 atom stereocenters. The Balaban J connectivity index is 2.36. The van der Waals surface area contributed by atoms with Crippen LogP contribution in [0, 0.1) is 5.92 Å². The maximum atomic E-state index is 11.5. The third-order valence-corrected chi connectivity index (χ3v) is 3.29. The summed E-state index contributed by atoms with van der Waals surface area (Å²) in [6, 6.07) is 0. The van der Waals surface area contributed by atoms with Crippen LogP contribution in [0.15, 0.2) is 4.99 Å². The molecule has 0 spiro atoms. The van der Waals surface area contributed by atoms with E-state index in [1.807, 2.05) is 0 Å². The molecule has 5 heteroatoms. The van der Waals surface area contributed by atoms with Gasteiger partial charge in [-0.2, -0.15) is 0 Å². The van der Waals surface area contributed by atoms with Crippen molar-refractivity contribution in [2.24, 2.45) is 10.9 Å². The van der Waals surface area contributed by atoms with E-state index in [1.165, 1.54) is 12.8 Å². The first-order valence-corrected chi connectivity index (χ1v) is 6.70. The zero-order valence-electron chi connectivity index (χ0n) is 12.1. The van der Waals surface area contributed by atoms with E-state index in [0.29, 0.717) is 13.0 Å². The number of amides is 1. The molecule has 1 N–H and O–H groups in total. The number of nitrogens with one attached hydrogen (secondary N) is 1. The molecule has 0 aromatic rings. The van der Waals surface area contributed by atoms with E-state index in [2.05, 4.69) is 22.1 Å². The van der Waals surface area contributed by atoms with Crippen LogP contribution in [0.25, 0.3) is 0 Å². The Morgan fingerprint density at radius 3 is 2.78 bits per heavy atom. The number of piperidine rings is 1. The van der Waals surface area contributed by atoms with Gasteiger partial charge in [0, 0.05) is 47.2 Å². The fraction of sp³-hybridized carbons (Fsp3) is 0.846. The van der Waals surface area contributed by atoms with Crippen molar-refractivity contribution in [3.63, 3.8) is 0 Å². The lowest BCUT2D eigenvalue weighted by molar-refractivity contribution is -0.128. The van der Waals surface area contributed by atoms with E-state index < -0.39 is 0 Å². The fourth-order valence-electron chi connectivity index (χ4n) is 2.22. The Morgan fingerprint density at radius 1 is 1.50 bits per heavy atom. The van der Waals surface area contributed by atoms with E-state index in [9.17, 15) is 4.79 Å². The molecule has 1 saturated heterocycles. The van der Waals surface area contributed by atoms with Crippen LogP contribution in [0.5, 0.6) is 0 Å². The number of aliphatic imine (C=N–C) groups is 1. The molecule has 0 aromatic heterocycles. The summed E-state index contributed by atoms with van der Waals surface area (Å²) in [5, 5.41) is 3.27. The highest BCUT2D eigenvalue weighted by atomic mass is 16.2. The number of rotatable bonds is 3. The van der Waals surface area contributed by atoms with Crippen LogP contribution >= 0.6 is 0 Å². The maximum absolute atomic E-state index is 11.5. The minimum Gasteiger partial charge on any atom is -0.356 e. The van der Waals surface area contributed by atoms with E-state index in [0.717, 1.165) is 25.0 Å². The lowest BCUT2D eigenvalue weighted by atomic mass is 10.0. The molecule has 1 unspecified atom stereocenters. The molecule has 18 heavy (non-hydrogen) atoms. The molecular formula is C13H26N4O. The third-order valence-electron chi connectivity index (χ3n) is 3.29. The molecule has 1 aliphatic heterocycles. The van der Waals surface area contributed by atoms with Crippen molar-refractivity contribution in [2.75, 3.05) is 40.8 Å². The van der Waals surface area contributed by atoms with Crippen molar-refractivity contribution < 1.29 is 4.79 Å². The SMILES string of the molecule is CN=C(NCCC(=O)N(C)C)N1CCCC(C)C1. The standard InChI is InChI=1S/C13H26N4O/c1-11-6-5-9-17(10-11)13(14-2)15-8-7-12(18)16(3)4/h11H,5-10H2,1-4H3,(H,14,15). The van der Waals surface area contributed by atoms with E-state index in [1.54, 1.807) is 26.0 Å². The summed E-state index contributed by atoms with van der Waals surface area (Å²) in [4.78, 5) is 19.7. The summed E-state index contributed by atoms with van der Waals surface area (Å²) in [5.41, 5.74) is 0. The smallest absolute Gasteiger partial charge is 0.223 e. The first-order chi connectivity index (χ1) is 8.54. The third kappa shape index (κ3) is 4.55. The van der Waals surface area contributed by atoms with Gasteiger partial charge in [-0.15, -0.1) is 0 Å². The molecule has 1 heterocycles. The molecule has 0 bridgehead atoms. The minimum atomic E-state index is 0.143. The maximum Gasteiger partial charge on any atom is 0.223 e. The van der Waals surface area contributed by atoms with Gasteiger partial charge in [-0.05, 0) is 18.8 Å². The Labute approximate surface area is 110 Å². The Bertz CT molecular complexity index is 301. The molecule has 0 radical (unpaired) electrons. The van der Waals surface area contributed by atoms with Crippen molar-refractivity contribution in [2.45, 2.75) is 26.2 Å². The first kappa shape index (κ1) is 14.8. The number of hydrogen-bond donors (Lipinski definition) is 1. The highest BCUT2D eigenvalue weighted by Crippen LogP contribution is 2.15. The number of carbonyl (C=O) groups is 1. The second-order valence-electron chi connectivity index (χ2n) is 5.21. The molecule has 1 amide bonds. The predicted octanol–water partition coefficient (Wildman–Crippen LogP) is 0.772. The van der Waals surface area contributed by atoms with Crippen molar-refractivity contribution in [1.82, 2.24) is 15.1 Å². The number of guanidine groups is 1. The second-order valence-corrected chi connectivity index (χ2v) is 5.21. The van der Waals surface area contributed by atoms with E-state index >= 15 is 0 Å². The van der Waals surface area contributed by atoms with E-state index in [4.69, 9.17) is 0 Å². The average molecular weight is 254 g/mol. The van der Waals surface area contributed by atoms with E-state index in [-0.39, 0.29) is 5.91 Å². The largest absolute Gasteiger partial charge is 0.356 e. The van der Waals surface area contributed by atoms with Gasteiger partial charge < -0.3 is 15.1 Å². The van der Waals surface area contributed by atoms with Crippen molar-refractivity contribution >= 4 is 11.9 Å². The van der Waals surface area contributed by atoms with Gasteiger partial charge in [0.05, 0.1) is 0 Å². The predicted molar refractivity (Wildman–Crippen MR) is 74.6 cm³/mol. The summed E-state index contributed by atoms with van der Waals surface area (Å²) in [6.07, 6.45) is 3.03. The number of carbonyl (C=O) groups excluding carboxylic acids is 1. The highest BCUT2D eigenvalue weighted by Gasteiger charge is 2.19. The summed E-state index contributed by atoms with van der Waals surface area (Å²) < 4.78 is 0. The van der Waals surface area contributed by atoms with Gasteiger partial charge >= 0.3 is 0 Å². The van der Waals surface area contributed by atoms with Crippen LogP contribution in [-0.4, -0.2) is 62.4 Å². The van der Waals surface area contributed by atoms with Crippen LogP contribution in [0.4, 0.5) is 0 Å². The number of nitrogens with zero attached hydrogens (tertiary/aromatic N) is 3. The summed E-state index contributed by atoms with van der Waals surface area (Å²) in [7, 11) is 5.36. The van der Waals surface area contributed by atoms with Gasteiger partial charge in [0.15, 0.2) is 5.96 Å². The molecule has 1 fully saturated rings. The molecular weight excluding hydrogens is 228 g/mol. The Morgan fingerprint density at radius 2 is 2.22 bits per heavy atom. The summed E-state index contributed by atoms with van der Waals surface area (Å²) >= 11 is 0. The zero-order valence-corrected chi connectivity index (χ0v) is 12.1. The monoisotopic (exact) mass is 254 g/mol. The molecule has 1 aliphatic rings. The zero-order chi connectivity index (χ0) is 13.5. The highest BCUT2D eigenvalue weighted by molar-refractivity contribution is 5.81. The van der Waals surface area contributed by atoms with Crippen LogP contribution in [-0.2, 0) is 4.79 Å². The molecule has 0 aliphatic carbocycles. The van der Waals surface area contributed by atoms with Crippen LogP contribution in [0.2, 0.25) is 0 Å². The molecule has 5 nitrogen and oxygen atoms in total. The van der Waals surface area contributed by atoms with Crippen molar-refractivity contribution in [1.29, 1.82) is 0 Å². The Hall–Kier alpha value is -1.26. The topological polar surface area (TPSA) is 47.9 Å². The molecule has 1 rings (SSSR count). The second kappa shape index (κ2) is 7.24. The van der Waals surface area contributed by atoms with Gasteiger partial charge in [-0.3, -0.25) is 9.79 Å². The fourth-order valence-corrected chi connectivity index (χ4v) is 2.22. The molecule has 0 aromatic carbocycles. The van der Waals surface area contributed by atoms with Crippen LogP contribution in [0.3, 0.4) is 0 Å². The quantitative estimate of drug-likeness (QED) is 0.598. The molecule has 104 valence electrons. The normalized spacial score (nSPS) is 20.8. The average Bonchev–Trinajstić information content (AvgIpc) is 2.34. The number of hydrogen-bond acceptors (Lipinski definition) is 2. The van der Waals surface area contributed by atoms with Gasteiger partial charge in [0.25, 0.3) is 0 Å². The van der Waals surface area contributed by atoms with Crippen LogP contribution < -0.4 is 5.32 Å². The van der Waals surface area contributed by atoms with Gasteiger partial charge in [-0.25, -0.2) is 0 Å². The Kier molecular flexibility index (Phi) is 5.95. The van der Waals surface area contributed by atoms with Gasteiger partial charge in [0.2, 0.25) is 5.91 Å². The summed E-state index contributed by atoms with van der Waals surface area (Å²) in [6.45, 7) is 5.04. The minimum absolute atomic E-state index is 0.143. The van der Waals surface area contributed by atoms with Crippen molar-refractivity contribution in [3.8, 4) is 0 Å². The molecule has 0 saturated carbocycles. The number of likely N-dealkylation sites (tertiary alicyclic amines) is 1. The van der Waals surface area contributed by atoms with Gasteiger partial charge in [0.1, 0.15) is 0 Å². The van der Waals surface area contributed by atoms with Gasteiger partial charge in [-0.1, -0.05) is 6.92 Å².